The number of nitrogen functional groups attached to an aromatic ring is 1. The second-order valence-electron chi connectivity index (χ2n) is 4.28. The third-order valence-electron chi connectivity index (χ3n) is 3.03. The fraction of sp³-hybridized carbons (Fsp3) is 0. The molecule has 3 N–H and O–H groups in total. The number of nitrogens with one attached hydrogen (secondary N) is 1. The van der Waals surface area contributed by atoms with E-state index in [9.17, 15) is 13.6 Å². The average Bonchev–Trinajstić information content (AvgIpc) is 2.86. The molecule has 0 saturated heterocycles. The van der Waals surface area contributed by atoms with Crippen LogP contribution < -0.4 is 5.73 Å². The number of carbonyl (C=O) groups excluding carboxylic acids is 1. The predicted molar refractivity (Wildman–Crippen MR) is 70.3 cm³/mol. The van der Waals surface area contributed by atoms with Crippen LogP contribution in [0.25, 0.3) is 11.0 Å². The number of nitrogens with zero attached hydrogens (tertiary/aromatic N) is 1. The second kappa shape index (κ2) is 4.41. The van der Waals surface area contributed by atoms with Crippen LogP contribution in [0.4, 0.5) is 14.5 Å². The number of pyridine rings is 1. The zero-order valence-electron chi connectivity index (χ0n) is 10.2. The summed E-state index contributed by atoms with van der Waals surface area (Å²) in [5, 5.41) is 0.569. The fourth-order valence-corrected chi connectivity index (χ4v) is 2.03. The zero-order chi connectivity index (χ0) is 14.3. The molecule has 0 spiro atoms. The molecule has 2 aromatic heterocycles. The van der Waals surface area contributed by atoms with Crippen molar-refractivity contribution in [2.45, 2.75) is 0 Å². The van der Waals surface area contributed by atoms with E-state index >= 15 is 0 Å². The van der Waals surface area contributed by atoms with Gasteiger partial charge in [-0.25, -0.2) is 13.8 Å². The third-order valence-corrected chi connectivity index (χ3v) is 3.03. The summed E-state index contributed by atoms with van der Waals surface area (Å²) in [7, 11) is 0. The number of halogens is 2. The van der Waals surface area contributed by atoms with Crippen LogP contribution >= 0.6 is 0 Å². The minimum absolute atomic E-state index is 0.262. The second-order valence-corrected chi connectivity index (χ2v) is 4.28. The number of hydrogen-bond acceptors (Lipinski definition) is 3. The summed E-state index contributed by atoms with van der Waals surface area (Å²) in [6.07, 6.45) is 3.02. The largest absolute Gasteiger partial charge is 0.396 e. The van der Waals surface area contributed by atoms with Crippen LogP contribution in [0.3, 0.4) is 0 Å². The van der Waals surface area contributed by atoms with E-state index in [0.29, 0.717) is 17.1 Å². The van der Waals surface area contributed by atoms with Crippen LogP contribution in [0.2, 0.25) is 0 Å². The molecule has 100 valence electrons. The van der Waals surface area contributed by atoms with E-state index in [1.807, 2.05) is 0 Å². The Hall–Kier alpha value is -2.76. The van der Waals surface area contributed by atoms with Crippen molar-refractivity contribution in [3.05, 3.63) is 59.4 Å². The molecule has 6 heteroatoms. The molecule has 0 saturated carbocycles. The van der Waals surface area contributed by atoms with Gasteiger partial charge >= 0.3 is 0 Å². The Bertz CT molecular complexity index is 826. The van der Waals surface area contributed by atoms with Gasteiger partial charge in [-0.2, -0.15) is 0 Å². The Balaban J connectivity index is 2.16. The number of benzene rings is 1. The Kier molecular flexibility index (Phi) is 2.71. The van der Waals surface area contributed by atoms with Crippen molar-refractivity contribution >= 4 is 22.5 Å². The van der Waals surface area contributed by atoms with Crippen molar-refractivity contribution in [2.75, 3.05) is 5.73 Å². The smallest absolute Gasteiger partial charge is 0.198 e. The molecule has 4 nitrogen and oxygen atoms in total. The summed E-state index contributed by atoms with van der Waals surface area (Å²) in [4.78, 5) is 19.2. The fourth-order valence-electron chi connectivity index (χ4n) is 2.03. The minimum Gasteiger partial charge on any atom is -0.396 e. The van der Waals surface area contributed by atoms with E-state index in [-0.39, 0.29) is 16.8 Å². The number of ketones is 1. The molecule has 0 radical (unpaired) electrons. The van der Waals surface area contributed by atoms with Crippen LogP contribution in [0.1, 0.15) is 15.9 Å². The van der Waals surface area contributed by atoms with Gasteiger partial charge in [-0.1, -0.05) is 0 Å². The maximum atomic E-state index is 13.7. The summed E-state index contributed by atoms with van der Waals surface area (Å²) in [6, 6.07) is 4.97. The molecule has 0 aliphatic rings. The van der Waals surface area contributed by atoms with Gasteiger partial charge in [0.1, 0.15) is 17.3 Å². The van der Waals surface area contributed by atoms with E-state index < -0.39 is 17.4 Å². The van der Waals surface area contributed by atoms with Crippen molar-refractivity contribution < 1.29 is 13.6 Å². The standard InChI is InChI=1S/C14H9F2N3O/c15-10-5-11(16)12(17)4-8(10)13(20)9-6-19-14-7(9)2-1-3-18-14/h1-6H,17H2,(H,18,19). The van der Waals surface area contributed by atoms with Gasteiger partial charge in [-0.15, -0.1) is 0 Å². The number of aromatic nitrogens is 2. The molecular weight excluding hydrogens is 264 g/mol. The molecular formula is C14H9F2N3O. The first kappa shape index (κ1) is 12.3. The van der Waals surface area contributed by atoms with Crippen molar-refractivity contribution in [3.63, 3.8) is 0 Å². The molecule has 2 heterocycles. The Labute approximate surface area is 112 Å². The van der Waals surface area contributed by atoms with Gasteiger partial charge in [0.25, 0.3) is 0 Å². The Morgan fingerprint density at radius 3 is 2.80 bits per heavy atom. The highest BCUT2D eigenvalue weighted by Crippen LogP contribution is 2.23. The van der Waals surface area contributed by atoms with Crippen molar-refractivity contribution in [1.29, 1.82) is 0 Å². The van der Waals surface area contributed by atoms with Gasteiger partial charge in [0.2, 0.25) is 0 Å². The summed E-state index contributed by atoms with van der Waals surface area (Å²) in [6.45, 7) is 0. The van der Waals surface area contributed by atoms with Crippen molar-refractivity contribution in [3.8, 4) is 0 Å². The molecule has 20 heavy (non-hydrogen) atoms. The average molecular weight is 273 g/mol. The van der Waals surface area contributed by atoms with Crippen LogP contribution in [0.5, 0.6) is 0 Å². The lowest BCUT2D eigenvalue weighted by Crippen LogP contribution is -2.06. The Morgan fingerprint density at radius 1 is 1.20 bits per heavy atom. The lowest BCUT2D eigenvalue weighted by atomic mass is 10.0. The molecule has 0 atom stereocenters. The molecule has 3 rings (SSSR count). The van der Waals surface area contributed by atoms with E-state index in [4.69, 9.17) is 5.73 Å². The maximum absolute atomic E-state index is 13.7. The lowest BCUT2D eigenvalue weighted by Gasteiger charge is -2.04. The molecule has 0 amide bonds. The number of rotatable bonds is 2. The molecule has 0 unspecified atom stereocenters. The first-order valence-electron chi connectivity index (χ1n) is 5.79. The van der Waals surface area contributed by atoms with Crippen LogP contribution in [0, 0.1) is 11.6 Å². The lowest BCUT2D eigenvalue weighted by molar-refractivity contribution is 0.103. The summed E-state index contributed by atoms with van der Waals surface area (Å²) in [5.74, 6) is -2.41. The van der Waals surface area contributed by atoms with Gasteiger partial charge in [-0.05, 0) is 18.2 Å². The maximum Gasteiger partial charge on any atom is 0.198 e. The molecule has 0 aliphatic carbocycles. The first-order valence-corrected chi connectivity index (χ1v) is 5.79. The molecule has 3 aromatic rings. The minimum atomic E-state index is -0.944. The monoisotopic (exact) mass is 273 g/mol. The number of anilines is 1. The van der Waals surface area contributed by atoms with Crippen molar-refractivity contribution in [2.24, 2.45) is 0 Å². The highest BCUT2D eigenvalue weighted by atomic mass is 19.1. The molecule has 1 aromatic carbocycles. The predicted octanol–water partition coefficient (Wildman–Crippen LogP) is 2.65. The van der Waals surface area contributed by atoms with Gasteiger partial charge in [0, 0.05) is 29.4 Å². The van der Waals surface area contributed by atoms with Crippen LogP contribution in [-0.2, 0) is 0 Å². The quantitative estimate of drug-likeness (QED) is 0.557. The number of fused-ring (bicyclic) bond motifs is 1. The summed E-state index contributed by atoms with van der Waals surface area (Å²) >= 11 is 0. The topological polar surface area (TPSA) is 71.8 Å². The number of nitrogens with two attached hydrogens (primary N) is 1. The van der Waals surface area contributed by atoms with Crippen molar-refractivity contribution in [1.82, 2.24) is 9.97 Å². The normalized spacial score (nSPS) is 10.9. The van der Waals surface area contributed by atoms with Crippen LogP contribution in [-0.4, -0.2) is 15.8 Å². The first-order chi connectivity index (χ1) is 9.58. The number of carbonyl (C=O) groups is 1. The van der Waals surface area contributed by atoms with Gasteiger partial charge < -0.3 is 10.7 Å². The number of H-pyrrole nitrogens is 1. The van der Waals surface area contributed by atoms with E-state index in [2.05, 4.69) is 9.97 Å². The zero-order valence-corrected chi connectivity index (χ0v) is 10.2. The van der Waals surface area contributed by atoms with Crippen LogP contribution in [0.15, 0.2) is 36.7 Å². The van der Waals surface area contributed by atoms with Gasteiger partial charge in [-0.3, -0.25) is 4.79 Å². The van der Waals surface area contributed by atoms with Gasteiger partial charge in [0.15, 0.2) is 5.78 Å². The van der Waals surface area contributed by atoms with E-state index in [1.165, 1.54) is 6.20 Å². The SMILES string of the molecule is Nc1cc(C(=O)c2c[nH]c3ncccc23)c(F)cc1F. The molecule has 0 aliphatic heterocycles. The highest BCUT2D eigenvalue weighted by molar-refractivity contribution is 6.16. The highest BCUT2D eigenvalue weighted by Gasteiger charge is 2.19. The number of aromatic amines is 1. The third kappa shape index (κ3) is 1.82. The number of hydrogen-bond donors (Lipinski definition) is 2. The molecule has 0 bridgehead atoms. The van der Waals surface area contributed by atoms with Gasteiger partial charge in [0.05, 0.1) is 11.3 Å². The summed E-state index contributed by atoms with van der Waals surface area (Å²) in [5.41, 5.74) is 5.62. The van der Waals surface area contributed by atoms with E-state index in [1.54, 1.807) is 18.3 Å². The Morgan fingerprint density at radius 2 is 2.00 bits per heavy atom. The summed E-state index contributed by atoms with van der Waals surface area (Å²) < 4.78 is 26.9. The van der Waals surface area contributed by atoms with E-state index in [0.717, 1.165) is 6.07 Å². The molecule has 0 fully saturated rings.